The van der Waals surface area contributed by atoms with E-state index in [2.05, 4.69) is 32.6 Å². The highest BCUT2D eigenvalue weighted by molar-refractivity contribution is 5.72. The second-order valence-corrected chi connectivity index (χ2v) is 17.1. The second kappa shape index (κ2) is 37.4. The quantitative estimate of drug-likeness (QED) is 0.0495. The van der Waals surface area contributed by atoms with Crippen LogP contribution in [-0.4, -0.2) is 60.9 Å². The van der Waals surface area contributed by atoms with Crippen molar-refractivity contribution >= 4 is 11.9 Å². The Balaban J connectivity index is 2.53. The molecule has 6 nitrogen and oxygen atoms in total. The number of rotatable bonds is 40. The molecule has 0 amide bonds. The lowest BCUT2D eigenvalue weighted by atomic mass is 9.90. The fraction of sp³-hybridized carbons (Fsp3) is 0.958. The molecular formula is C48H93NO5. The molecule has 320 valence electrons. The summed E-state index contributed by atoms with van der Waals surface area (Å²) in [5.74, 6) is 0.929. The normalized spacial score (nSPS) is 17.2. The molecule has 0 aliphatic carbocycles. The maximum atomic E-state index is 13.2. The number of ether oxygens (including phenoxy) is 2. The summed E-state index contributed by atoms with van der Waals surface area (Å²) in [6.45, 7) is 12.6. The zero-order chi connectivity index (χ0) is 39.3. The predicted molar refractivity (Wildman–Crippen MR) is 230 cm³/mol. The van der Waals surface area contributed by atoms with E-state index in [-0.39, 0.29) is 30.4 Å². The minimum atomic E-state index is 0.0513. The van der Waals surface area contributed by atoms with Gasteiger partial charge in [-0.25, -0.2) is 0 Å². The van der Waals surface area contributed by atoms with E-state index in [0.29, 0.717) is 25.2 Å². The van der Waals surface area contributed by atoms with Crippen molar-refractivity contribution in [2.75, 3.05) is 32.9 Å². The van der Waals surface area contributed by atoms with Gasteiger partial charge in [0, 0.05) is 12.6 Å². The van der Waals surface area contributed by atoms with Gasteiger partial charge in [-0.3, -0.25) is 9.59 Å². The lowest BCUT2D eigenvalue weighted by Crippen LogP contribution is -2.34. The van der Waals surface area contributed by atoms with Gasteiger partial charge in [-0.15, -0.1) is 0 Å². The van der Waals surface area contributed by atoms with E-state index in [0.717, 1.165) is 109 Å². The number of aliphatic hydroxyl groups excluding tert-OH is 1. The van der Waals surface area contributed by atoms with Crippen LogP contribution in [0.15, 0.2) is 0 Å². The smallest absolute Gasteiger partial charge is 0.308 e. The largest absolute Gasteiger partial charge is 0.465 e. The summed E-state index contributed by atoms with van der Waals surface area (Å²) in [6, 6.07) is 0.561. The monoisotopic (exact) mass is 764 g/mol. The molecule has 6 heteroatoms. The van der Waals surface area contributed by atoms with Gasteiger partial charge >= 0.3 is 11.9 Å². The van der Waals surface area contributed by atoms with Crippen molar-refractivity contribution in [2.24, 2.45) is 17.8 Å². The Labute approximate surface area is 336 Å². The van der Waals surface area contributed by atoms with Crippen molar-refractivity contribution < 1.29 is 24.2 Å². The number of aliphatic hydroxyl groups is 1. The molecule has 0 aromatic carbocycles. The lowest BCUT2D eigenvalue weighted by molar-refractivity contribution is -0.150. The topological polar surface area (TPSA) is 76.1 Å². The molecule has 1 heterocycles. The average molecular weight is 764 g/mol. The maximum absolute atomic E-state index is 13.2. The number of esters is 2. The molecule has 0 radical (unpaired) electrons. The molecular weight excluding hydrogens is 671 g/mol. The van der Waals surface area contributed by atoms with Gasteiger partial charge in [-0.2, -0.15) is 0 Å². The van der Waals surface area contributed by atoms with E-state index in [9.17, 15) is 14.7 Å². The number of carbonyl (C=O) groups is 2. The van der Waals surface area contributed by atoms with Crippen LogP contribution in [0.4, 0.5) is 0 Å². The molecule has 4 atom stereocenters. The first-order chi connectivity index (χ1) is 26.5. The van der Waals surface area contributed by atoms with Gasteiger partial charge < -0.3 is 19.5 Å². The summed E-state index contributed by atoms with van der Waals surface area (Å²) in [6.07, 6.45) is 38.4. The molecule has 1 aliphatic heterocycles. The van der Waals surface area contributed by atoms with Crippen LogP contribution in [0.3, 0.4) is 0 Å². The zero-order valence-corrected chi connectivity index (χ0v) is 36.7. The van der Waals surface area contributed by atoms with Crippen LogP contribution >= 0.6 is 0 Å². The van der Waals surface area contributed by atoms with Crippen molar-refractivity contribution in [2.45, 2.75) is 246 Å². The van der Waals surface area contributed by atoms with Gasteiger partial charge in [0.1, 0.15) is 0 Å². The minimum Gasteiger partial charge on any atom is -0.465 e. The SMILES string of the molecule is CCCCCCCCC(CCCCCC)C(=O)OCCCCC1CCN(CCCCO)C1CCCCOC(=O)C(CCCCCC)CCCCCCCC. The van der Waals surface area contributed by atoms with Gasteiger partial charge in [0.25, 0.3) is 0 Å². The molecule has 1 aliphatic rings. The third kappa shape index (κ3) is 26.7. The molecule has 54 heavy (non-hydrogen) atoms. The number of nitrogens with zero attached hydrogens (tertiary/aromatic N) is 1. The van der Waals surface area contributed by atoms with Crippen LogP contribution in [0.1, 0.15) is 240 Å². The summed E-state index contributed by atoms with van der Waals surface area (Å²) in [5, 5.41) is 9.40. The molecule has 1 saturated heterocycles. The van der Waals surface area contributed by atoms with Gasteiger partial charge in [0.2, 0.25) is 0 Å². The fourth-order valence-corrected chi connectivity index (χ4v) is 8.73. The van der Waals surface area contributed by atoms with E-state index in [1.807, 2.05) is 0 Å². The second-order valence-electron chi connectivity index (χ2n) is 17.1. The summed E-state index contributed by atoms with van der Waals surface area (Å²) in [4.78, 5) is 29.0. The molecule has 1 N–H and O–H groups in total. The first-order valence-electron chi connectivity index (χ1n) is 24.2. The maximum Gasteiger partial charge on any atom is 0.308 e. The molecule has 0 aromatic heterocycles. The van der Waals surface area contributed by atoms with Crippen LogP contribution in [0, 0.1) is 17.8 Å². The minimum absolute atomic E-state index is 0.0513. The van der Waals surface area contributed by atoms with Crippen LogP contribution < -0.4 is 0 Å². The van der Waals surface area contributed by atoms with Crippen LogP contribution in [0.25, 0.3) is 0 Å². The molecule has 0 saturated carbocycles. The molecule has 0 spiro atoms. The Morgan fingerprint density at radius 2 is 0.926 bits per heavy atom. The van der Waals surface area contributed by atoms with Gasteiger partial charge in [-0.1, -0.05) is 156 Å². The number of hydrogen-bond acceptors (Lipinski definition) is 6. The summed E-state index contributed by atoms with van der Waals surface area (Å²) in [5.41, 5.74) is 0. The third-order valence-corrected chi connectivity index (χ3v) is 12.3. The van der Waals surface area contributed by atoms with E-state index < -0.39 is 0 Å². The van der Waals surface area contributed by atoms with Crippen molar-refractivity contribution in [3.63, 3.8) is 0 Å². The molecule has 0 aromatic rings. The van der Waals surface area contributed by atoms with Gasteiger partial charge in [-0.05, 0) is 102 Å². The van der Waals surface area contributed by atoms with Gasteiger partial charge in [0.15, 0.2) is 0 Å². The predicted octanol–water partition coefficient (Wildman–Crippen LogP) is 13.6. The average Bonchev–Trinajstić information content (AvgIpc) is 3.56. The zero-order valence-electron chi connectivity index (χ0n) is 36.7. The molecule has 1 fully saturated rings. The molecule has 0 bridgehead atoms. The summed E-state index contributed by atoms with van der Waals surface area (Å²) < 4.78 is 11.9. The third-order valence-electron chi connectivity index (χ3n) is 12.3. The lowest BCUT2D eigenvalue weighted by Gasteiger charge is -2.28. The highest BCUT2D eigenvalue weighted by Gasteiger charge is 2.32. The Hall–Kier alpha value is -1.14. The van der Waals surface area contributed by atoms with Gasteiger partial charge in [0.05, 0.1) is 25.0 Å². The van der Waals surface area contributed by atoms with E-state index in [1.54, 1.807) is 0 Å². The number of hydrogen-bond donors (Lipinski definition) is 1. The Bertz CT molecular complexity index is 836. The van der Waals surface area contributed by atoms with Crippen molar-refractivity contribution in [3.8, 4) is 0 Å². The first kappa shape index (κ1) is 50.9. The molecule has 1 rings (SSSR count). The van der Waals surface area contributed by atoms with Crippen molar-refractivity contribution in [1.29, 1.82) is 0 Å². The summed E-state index contributed by atoms with van der Waals surface area (Å²) in [7, 11) is 0. The van der Waals surface area contributed by atoms with E-state index >= 15 is 0 Å². The van der Waals surface area contributed by atoms with Crippen molar-refractivity contribution in [3.05, 3.63) is 0 Å². The Kier molecular flexibility index (Phi) is 35.3. The van der Waals surface area contributed by atoms with Crippen LogP contribution in [0.2, 0.25) is 0 Å². The number of unbranched alkanes of at least 4 members (excludes halogenated alkanes) is 19. The van der Waals surface area contributed by atoms with Crippen LogP contribution in [0.5, 0.6) is 0 Å². The van der Waals surface area contributed by atoms with Crippen LogP contribution in [-0.2, 0) is 19.1 Å². The first-order valence-corrected chi connectivity index (χ1v) is 24.2. The van der Waals surface area contributed by atoms with E-state index in [4.69, 9.17) is 9.47 Å². The highest BCUT2D eigenvalue weighted by Crippen LogP contribution is 2.32. The van der Waals surface area contributed by atoms with Crippen molar-refractivity contribution in [1.82, 2.24) is 4.90 Å². The summed E-state index contributed by atoms with van der Waals surface area (Å²) >= 11 is 0. The van der Waals surface area contributed by atoms with E-state index in [1.165, 1.54) is 116 Å². The standard InChI is InChI=1S/C48H93NO5/c1-5-9-13-17-19-23-34-44(32-21-15-11-7-3)47(51)53-41-29-25-31-43-37-39-49(38-27-28-40-50)46(43)36-26-30-42-54-48(52)45(33-22-16-12-8-4)35-24-20-18-14-10-6-2/h43-46,50H,5-42H2,1-4H3. The number of carbonyl (C=O) groups excluding carboxylic acids is 2. The Morgan fingerprint density at radius 3 is 1.37 bits per heavy atom. The number of likely N-dealkylation sites (tertiary alicyclic amines) is 1. The fourth-order valence-electron chi connectivity index (χ4n) is 8.73. The Morgan fingerprint density at radius 1 is 0.519 bits per heavy atom. The molecule has 4 unspecified atom stereocenters. The highest BCUT2D eigenvalue weighted by atomic mass is 16.5.